The summed E-state index contributed by atoms with van der Waals surface area (Å²) in [5.41, 5.74) is 1.93. The third-order valence-corrected chi connectivity index (χ3v) is 6.32. The highest BCUT2D eigenvalue weighted by Gasteiger charge is 2.26. The van der Waals surface area contributed by atoms with Gasteiger partial charge in [0.05, 0.1) is 28.2 Å². The van der Waals surface area contributed by atoms with E-state index in [0.717, 1.165) is 11.3 Å². The molecule has 0 bridgehead atoms. The first-order chi connectivity index (χ1) is 14.8. The van der Waals surface area contributed by atoms with Crippen LogP contribution in [0.2, 0.25) is 10.0 Å². The number of fused-ring (bicyclic) bond motifs is 1. The fourth-order valence-corrected chi connectivity index (χ4v) is 4.47. The summed E-state index contributed by atoms with van der Waals surface area (Å²) in [6.45, 7) is 1.73. The van der Waals surface area contributed by atoms with Gasteiger partial charge in [-0.15, -0.1) is 11.3 Å². The molecule has 2 heterocycles. The number of halogens is 3. The molecule has 4 rings (SSSR count). The number of esters is 1. The van der Waals surface area contributed by atoms with Crippen molar-refractivity contribution in [2.24, 2.45) is 0 Å². The van der Waals surface area contributed by atoms with Crippen molar-refractivity contribution in [2.45, 2.75) is 13.0 Å². The first kappa shape index (κ1) is 21.4. The molecule has 10 heteroatoms. The molecule has 0 spiro atoms. The van der Waals surface area contributed by atoms with Crippen LogP contribution >= 0.6 is 34.5 Å². The fraction of sp³-hybridized carbons (Fsp3) is 0.143. The fourth-order valence-electron chi connectivity index (χ4n) is 3.14. The van der Waals surface area contributed by atoms with Crippen LogP contribution in [0.15, 0.2) is 42.0 Å². The number of carbonyl (C=O) groups excluding carboxylic acids is 1. The van der Waals surface area contributed by atoms with E-state index in [2.05, 4.69) is 4.98 Å². The van der Waals surface area contributed by atoms with E-state index in [0.29, 0.717) is 22.3 Å². The number of aromatic hydroxyl groups is 1. The number of phenols is 1. The molecule has 0 aliphatic rings. The molecule has 0 unspecified atom stereocenters. The predicted molar refractivity (Wildman–Crippen MR) is 117 cm³/mol. The van der Waals surface area contributed by atoms with Crippen LogP contribution in [0.3, 0.4) is 0 Å². The third kappa shape index (κ3) is 3.82. The summed E-state index contributed by atoms with van der Waals surface area (Å²) >= 11 is 13.2. The number of ether oxygens (including phenoxy) is 2. The molecule has 0 fully saturated rings. The number of rotatable bonds is 5. The van der Waals surface area contributed by atoms with Crippen LogP contribution in [-0.4, -0.2) is 27.7 Å². The molecule has 0 aliphatic carbocycles. The van der Waals surface area contributed by atoms with Gasteiger partial charge >= 0.3 is 5.97 Å². The summed E-state index contributed by atoms with van der Waals surface area (Å²) in [6.07, 6.45) is 0.861. The van der Waals surface area contributed by atoms with Crippen LogP contribution in [0.5, 0.6) is 11.5 Å². The number of carbonyl (C=O) groups is 1. The second-order valence-electron chi connectivity index (χ2n) is 6.58. The second kappa shape index (κ2) is 8.37. The molecule has 0 aliphatic heterocycles. The van der Waals surface area contributed by atoms with E-state index in [4.69, 9.17) is 32.7 Å². The zero-order chi connectivity index (χ0) is 22.3. The van der Waals surface area contributed by atoms with Gasteiger partial charge in [-0.1, -0.05) is 35.3 Å². The van der Waals surface area contributed by atoms with Gasteiger partial charge in [-0.25, -0.2) is 14.2 Å². The Morgan fingerprint density at radius 2 is 2.10 bits per heavy atom. The number of imidazole rings is 1. The largest absolute Gasteiger partial charge is 0.506 e. The van der Waals surface area contributed by atoms with Crippen molar-refractivity contribution < 1.29 is 23.8 Å². The average molecular weight is 481 g/mol. The SMILES string of the molecule is COC(=O)c1scc(-n2cnc3cc(Cl)c(F)cc32)c1O[C@H](C)c1cccc(O)c1Cl. The van der Waals surface area contributed by atoms with E-state index in [1.807, 2.05) is 0 Å². The van der Waals surface area contributed by atoms with Crippen LogP contribution in [0.1, 0.15) is 28.3 Å². The highest BCUT2D eigenvalue weighted by Crippen LogP contribution is 2.40. The van der Waals surface area contributed by atoms with Crippen LogP contribution in [0, 0.1) is 5.82 Å². The lowest BCUT2D eigenvalue weighted by molar-refractivity contribution is 0.0600. The van der Waals surface area contributed by atoms with Crippen LogP contribution < -0.4 is 4.74 Å². The number of methoxy groups -OCH3 is 1. The van der Waals surface area contributed by atoms with Gasteiger partial charge in [-0.2, -0.15) is 0 Å². The monoisotopic (exact) mass is 480 g/mol. The summed E-state index contributed by atoms with van der Waals surface area (Å²) < 4.78 is 26.7. The number of thiophene rings is 1. The van der Waals surface area contributed by atoms with Crippen molar-refractivity contribution in [3.05, 3.63) is 68.3 Å². The summed E-state index contributed by atoms with van der Waals surface area (Å²) in [5.74, 6) is -1.04. The maximum atomic E-state index is 14.1. The Bertz CT molecular complexity index is 1300. The van der Waals surface area contributed by atoms with Gasteiger partial charge < -0.3 is 14.6 Å². The molecule has 31 heavy (non-hydrogen) atoms. The Morgan fingerprint density at radius 1 is 1.32 bits per heavy atom. The first-order valence-electron chi connectivity index (χ1n) is 8.98. The van der Waals surface area contributed by atoms with Crippen molar-refractivity contribution in [2.75, 3.05) is 7.11 Å². The van der Waals surface area contributed by atoms with Crippen molar-refractivity contribution in [3.8, 4) is 17.2 Å². The normalized spacial score (nSPS) is 12.2. The van der Waals surface area contributed by atoms with Gasteiger partial charge in [0.1, 0.15) is 29.7 Å². The molecule has 0 saturated carbocycles. The molecule has 0 saturated heterocycles. The lowest BCUT2D eigenvalue weighted by Crippen LogP contribution is -2.09. The molecule has 1 N–H and O–H groups in total. The Balaban J connectivity index is 1.84. The molecular formula is C21H15Cl2FN2O4S. The zero-order valence-corrected chi connectivity index (χ0v) is 18.6. The maximum absolute atomic E-state index is 14.1. The molecule has 0 radical (unpaired) electrons. The smallest absolute Gasteiger partial charge is 0.351 e. The van der Waals surface area contributed by atoms with E-state index < -0.39 is 17.9 Å². The van der Waals surface area contributed by atoms with Crippen LogP contribution in [0.4, 0.5) is 4.39 Å². The minimum atomic E-state index is -0.627. The lowest BCUT2D eigenvalue weighted by atomic mass is 10.1. The van der Waals surface area contributed by atoms with Crippen LogP contribution in [-0.2, 0) is 4.74 Å². The maximum Gasteiger partial charge on any atom is 0.351 e. The van der Waals surface area contributed by atoms with E-state index in [1.165, 1.54) is 31.6 Å². The Morgan fingerprint density at radius 3 is 2.84 bits per heavy atom. The quantitative estimate of drug-likeness (QED) is 0.346. The summed E-state index contributed by atoms with van der Waals surface area (Å²) in [4.78, 5) is 16.8. The summed E-state index contributed by atoms with van der Waals surface area (Å²) in [6, 6.07) is 7.50. The first-order valence-corrected chi connectivity index (χ1v) is 10.6. The van der Waals surface area contributed by atoms with Gasteiger partial charge in [-0.05, 0) is 19.1 Å². The highest BCUT2D eigenvalue weighted by atomic mass is 35.5. The van der Waals surface area contributed by atoms with E-state index in [1.54, 1.807) is 29.0 Å². The molecule has 6 nitrogen and oxygen atoms in total. The summed E-state index contributed by atoms with van der Waals surface area (Å²) in [7, 11) is 1.27. The second-order valence-corrected chi connectivity index (χ2v) is 8.25. The van der Waals surface area contributed by atoms with E-state index in [9.17, 15) is 14.3 Å². The highest BCUT2D eigenvalue weighted by molar-refractivity contribution is 7.12. The predicted octanol–water partition coefficient (Wildman–Crippen LogP) is 6.17. The molecule has 1 atom stereocenters. The molecule has 4 aromatic rings. The number of hydrogen-bond donors (Lipinski definition) is 1. The standard InChI is InChI=1S/C21H15Cl2FN2O4S/c1-10(11-4-3-5-17(27)18(11)23)30-19-16(8-31-20(19)21(28)29-2)26-9-25-14-6-12(22)13(24)7-15(14)26/h3-10,27H,1-2H3/t10-/m1/s1. The van der Waals surface area contributed by atoms with Crippen molar-refractivity contribution >= 4 is 51.5 Å². The van der Waals surface area contributed by atoms with Gasteiger partial charge in [0.25, 0.3) is 0 Å². The van der Waals surface area contributed by atoms with Crippen molar-refractivity contribution in [1.29, 1.82) is 0 Å². The minimum Gasteiger partial charge on any atom is -0.506 e. The van der Waals surface area contributed by atoms with Crippen molar-refractivity contribution in [3.63, 3.8) is 0 Å². The number of phenolic OH excluding ortho intramolecular Hbond substituents is 1. The Labute approximate surface area is 190 Å². The number of aromatic nitrogens is 2. The minimum absolute atomic E-state index is 0.0399. The van der Waals surface area contributed by atoms with Crippen LogP contribution in [0.25, 0.3) is 16.7 Å². The molecular weight excluding hydrogens is 466 g/mol. The van der Waals surface area contributed by atoms with Crippen molar-refractivity contribution in [1.82, 2.24) is 9.55 Å². The Kier molecular flexibility index (Phi) is 5.79. The zero-order valence-electron chi connectivity index (χ0n) is 16.2. The molecule has 0 amide bonds. The van der Waals surface area contributed by atoms with E-state index >= 15 is 0 Å². The van der Waals surface area contributed by atoms with Gasteiger partial charge in [-0.3, -0.25) is 4.57 Å². The van der Waals surface area contributed by atoms with Gasteiger partial charge in [0, 0.05) is 17.0 Å². The molecule has 2 aromatic carbocycles. The topological polar surface area (TPSA) is 73.6 Å². The Hall–Kier alpha value is -2.81. The molecule has 160 valence electrons. The average Bonchev–Trinajstić information content (AvgIpc) is 3.33. The van der Waals surface area contributed by atoms with Gasteiger partial charge in [0.15, 0.2) is 10.6 Å². The third-order valence-electron chi connectivity index (χ3n) is 4.69. The van der Waals surface area contributed by atoms with E-state index in [-0.39, 0.29) is 26.4 Å². The lowest BCUT2D eigenvalue weighted by Gasteiger charge is -2.18. The number of hydrogen-bond acceptors (Lipinski definition) is 6. The van der Waals surface area contributed by atoms with Gasteiger partial charge in [0.2, 0.25) is 0 Å². The summed E-state index contributed by atoms with van der Waals surface area (Å²) in [5, 5.41) is 11.7. The molecule has 2 aromatic heterocycles. The number of benzene rings is 2. The number of nitrogens with zero attached hydrogens (tertiary/aromatic N) is 2.